The Bertz CT molecular complexity index is 1530. The van der Waals surface area contributed by atoms with Gasteiger partial charge in [0.1, 0.15) is 24.5 Å². The van der Waals surface area contributed by atoms with Gasteiger partial charge in [-0.05, 0) is 74.0 Å². The maximum Gasteiger partial charge on any atom is 0.408 e. The fourth-order valence-electron chi connectivity index (χ4n) is 6.05. The maximum absolute atomic E-state index is 14.3. The van der Waals surface area contributed by atoms with Crippen LogP contribution in [0.3, 0.4) is 0 Å². The number of carbonyl (C=O) groups excluding carboxylic acids is 3. The predicted molar refractivity (Wildman–Crippen MR) is 186 cm³/mol. The fraction of sp³-hybridized carbons (Fsp3) is 0.429. The number of nitrogens with one attached hydrogen (secondary N) is 4. The normalized spacial score (nSPS) is 18.6. The van der Waals surface area contributed by atoms with Crippen molar-refractivity contribution in [3.05, 3.63) is 92.6 Å². The molecule has 0 bridgehead atoms. The van der Waals surface area contributed by atoms with Crippen LogP contribution in [-0.4, -0.2) is 66.5 Å². The van der Waals surface area contributed by atoms with E-state index in [9.17, 15) is 14.4 Å². The first-order valence-electron chi connectivity index (χ1n) is 16.3. The van der Waals surface area contributed by atoms with Crippen LogP contribution in [0.5, 0.6) is 0 Å². The number of halogens is 1. The molecule has 0 radical (unpaired) electrons. The van der Waals surface area contributed by atoms with E-state index >= 15 is 0 Å². The number of amides is 3. The molecule has 6 N–H and O–H groups in total. The van der Waals surface area contributed by atoms with Crippen LogP contribution in [0.2, 0.25) is 5.02 Å². The van der Waals surface area contributed by atoms with Crippen LogP contribution in [0.25, 0.3) is 0 Å². The van der Waals surface area contributed by atoms with Crippen LogP contribution < -0.4 is 21.7 Å². The number of likely N-dealkylation sites (tertiary alicyclic amines) is 1. The summed E-state index contributed by atoms with van der Waals surface area (Å²) in [4.78, 5) is 43.4. The van der Waals surface area contributed by atoms with Crippen LogP contribution >= 0.6 is 22.9 Å². The number of benzene rings is 2. The van der Waals surface area contributed by atoms with E-state index in [-0.39, 0.29) is 37.3 Å². The van der Waals surface area contributed by atoms with Crippen molar-refractivity contribution in [2.45, 2.75) is 70.1 Å². The lowest BCUT2D eigenvalue weighted by Crippen LogP contribution is -2.53. The van der Waals surface area contributed by atoms with Crippen molar-refractivity contribution in [1.82, 2.24) is 20.9 Å². The standard InChI is InChI=1S/C35H43ClN6O5S/c36-27-9-6-25(7-10-27)20-46-28-17-31(33(43)40-18-29-16-26(22-48-29)32(37)38)42(19-28)34(44)30(11-8-23-12-14-39-15-13-23)41-35(45)47-21-24-4-2-1-3-5-24/h1-7,9-10,16,22-23,28,30-31,39H,8,11-15,17-21H2,(H3,37,38)(H,40,43)(H,41,45)/t28-,30-,31-/m1/s1. The van der Waals surface area contributed by atoms with Crippen LogP contribution in [0.15, 0.2) is 66.0 Å². The minimum absolute atomic E-state index is 0.0394. The second-order valence-corrected chi connectivity index (χ2v) is 13.7. The van der Waals surface area contributed by atoms with Gasteiger partial charge in [-0.15, -0.1) is 11.3 Å². The molecule has 0 aliphatic carbocycles. The van der Waals surface area contributed by atoms with Gasteiger partial charge in [0.05, 0.1) is 19.3 Å². The molecule has 11 nitrogen and oxygen atoms in total. The van der Waals surface area contributed by atoms with Crippen molar-refractivity contribution in [3.63, 3.8) is 0 Å². The van der Waals surface area contributed by atoms with E-state index < -0.39 is 24.3 Å². The molecule has 0 unspecified atom stereocenters. The lowest BCUT2D eigenvalue weighted by atomic mass is 9.91. The van der Waals surface area contributed by atoms with Gasteiger partial charge >= 0.3 is 6.09 Å². The molecule has 2 aromatic carbocycles. The van der Waals surface area contributed by atoms with E-state index in [1.165, 1.54) is 11.3 Å². The highest BCUT2D eigenvalue weighted by Crippen LogP contribution is 2.26. The SMILES string of the molecule is N=C(N)c1csc(CNC(=O)[C@H]2C[C@@H](OCc3ccc(Cl)cc3)CN2C(=O)[C@@H](CCC2CCNCC2)NC(=O)OCc2ccccc2)c1. The number of alkyl carbamates (subject to hydrolysis) is 1. The summed E-state index contributed by atoms with van der Waals surface area (Å²) in [6.45, 7) is 2.65. The summed E-state index contributed by atoms with van der Waals surface area (Å²) < 4.78 is 11.7. The highest BCUT2D eigenvalue weighted by atomic mass is 35.5. The zero-order valence-electron chi connectivity index (χ0n) is 26.8. The number of nitrogen functional groups attached to an aromatic ring is 1. The first-order chi connectivity index (χ1) is 23.2. The van der Waals surface area contributed by atoms with E-state index in [2.05, 4.69) is 16.0 Å². The molecule has 2 aliphatic heterocycles. The molecule has 2 aliphatic rings. The van der Waals surface area contributed by atoms with Crippen LogP contribution in [0.1, 0.15) is 53.7 Å². The Morgan fingerprint density at radius 3 is 2.50 bits per heavy atom. The zero-order chi connectivity index (χ0) is 33.9. The van der Waals surface area contributed by atoms with Gasteiger partial charge in [-0.1, -0.05) is 54.1 Å². The first kappa shape index (κ1) is 35.3. The van der Waals surface area contributed by atoms with Crippen molar-refractivity contribution in [2.75, 3.05) is 19.6 Å². The average Bonchev–Trinajstić information content (AvgIpc) is 3.77. The maximum atomic E-state index is 14.3. The molecule has 13 heteroatoms. The molecule has 48 heavy (non-hydrogen) atoms. The molecule has 0 spiro atoms. The molecule has 256 valence electrons. The van der Waals surface area contributed by atoms with E-state index in [0.717, 1.165) is 48.4 Å². The molecule has 1 aromatic heterocycles. The zero-order valence-corrected chi connectivity index (χ0v) is 28.4. The Hall–Kier alpha value is -3.97. The average molecular weight is 695 g/mol. The van der Waals surface area contributed by atoms with Crippen molar-refractivity contribution in [1.29, 1.82) is 5.41 Å². The Labute approximate surface area is 290 Å². The summed E-state index contributed by atoms with van der Waals surface area (Å²) >= 11 is 7.44. The van der Waals surface area contributed by atoms with Crippen LogP contribution in [-0.2, 0) is 38.8 Å². The monoisotopic (exact) mass is 694 g/mol. The van der Waals surface area contributed by atoms with Gasteiger partial charge in [-0.25, -0.2) is 4.79 Å². The lowest BCUT2D eigenvalue weighted by Gasteiger charge is -2.30. The second kappa shape index (κ2) is 17.4. The van der Waals surface area contributed by atoms with Crippen molar-refractivity contribution < 1.29 is 23.9 Å². The van der Waals surface area contributed by atoms with Gasteiger partial charge in [-0.3, -0.25) is 15.0 Å². The summed E-state index contributed by atoms with van der Waals surface area (Å²) in [5, 5.41) is 19.2. The molecule has 3 aromatic rings. The molecule has 5 rings (SSSR count). The quantitative estimate of drug-likeness (QED) is 0.122. The fourth-order valence-corrected chi connectivity index (χ4v) is 7.00. The number of carbonyl (C=O) groups is 3. The molecule has 2 saturated heterocycles. The number of thiophene rings is 1. The molecular weight excluding hydrogens is 652 g/mol. The first-order valence-corrected chi connectivity index (χ1v) is 17.5. The summed E-state index contributed by atoms with van der Waals surface area (Å²) in [6.07, 6.45) is 2.40. The van der Waals surface area contributed by atoms with Crippen molar-refractivity contribution in [3.8, 4) is 0 Å². The van der Waals surface area contributed by atoms with Gasteiger partial charge in [-0.2, -0.15) is 0 Å². The number of nitrogens with zero attached hydrogens (tertiary/aromatic N) is 1. The van der Waals surface area contributed by atoms with Gasteiger partial charge in [0.2, 0.25) is 11.8 Å². The van der Waals surface area contributed by atoms with Crippen molar-refractivity contribution in [2.24, 2.45) is 11.7 Å². The van der Waals surface area contributed by atoms with Crippen molar-refractivity contribution >= 4 is 46.7 Å². The Balaban J connectivity index is 1.29. The summed E-state index contributed by atoms with van der Waals surface area (Å²) in [5.74, 6) is -0.263. The third-order valence-corrected chi connectivity index (χ3v) is 9.96. The lowest BCUT2D eigenvalue weighted by molar-refractivity contribution is -0.140. The molecule has 3 heterocycles. The predicted octanol–water partition coefficient (Wildman–Crippen LogP) is 4.56. The van der Waals surface area contributed by atoms with E-state index in [1.54, 1.807) is 28.5 Å². The summed E-state index contributed by atoms with van der Waals surface area (Å²) in [5.41, 5.74) is 7.96. The molecule has 0 saturated carbocycles. The number of piperidine rings is 1. The largest absolute Gasteiger partial charge is 0.445 e. The minimum Gasteiger partial charge on any atom is -0.445 e. The number of hydrogen-bond donors (Lipinski definition) is 5. The number of ether oxygens (including phenoxy) is 2. The third-order valence-electron chi connectivity index (χ3n) is 8.77. The number of amidine groups is 1. The summed E-state index contributed by atoms with van der Waals surface area (Å²) in [7, 11) is 0. The third kappa shape index (κ3) is 10.3. The molecular formula is C35H43ClN6O5S. The topological polar surface area (TPSA) is 159 Å². The Morgan fingerprint density at radius 1 is 1.06 bits per heavy atom. The minimum atomic E-state index is -0.871. The highest BCUT2D eigenvalue weighted by molar-refractivity contribution is 7.10. The van der Waals surface area contributed by atoms with Gasteiger partial charge in [0.25, 0.3) is 0 Å². The molecule has 2 fully saturated rings. The second-order valence-electron chi connectivity index (χ2n) is 12.3. The Morgan fingerprint density at radius 2 is 1.79 bits per heavy atom. The van der Waals surface area contributed by atoms with Gasteiger partial charge in [0.15, 0.2) is 0 Å². The Kier molecular flexibility index (Phi) is 12.8. The number of hydrogen-bond acceptors (Lipinski definition) is 8. The van der Waals surface area contributed by atoms with Crippen LogP contribution in [0.4, 0.5) is 4.79 Å². The summed E-state index contributed by atoms with van der Waals surface area (Å²) in [6, 6.07) is 16.8. The van der Waals surface area contributed by atoms with Gasteiger partial charge < -0.3 is 36.1 Å². The molecule has 3 atom stereocenters. The van der Waals surface area contributed by atoms with Gasteiger partial charge in [0, 0.05) is 33.8 Å². The highest BCUT2D eigenvalue weighted by Gasteiger charge is 2.42. The molecule has 3 amide bonds. The van der Waals surface area contributed by atoms with E-state index in [1.807, 2.05) is 42.5 Å². The number of nitrogens with two attached hydrogens (primary N) is 1. The smallest absolute Gasteiger partial charge is 0.408 e. The van der Waals surface area contributed by atoms with E-state index in [4.69, 9.17) is 32.2 Å². The van der Waals surface area contributed by atoms with E-state index in [0.29, 0.717) is 36.0 Å². The number of rotatable bonds is 14. The van der Waals surface area contributed by atoms with Crippen LogP contribution in [0, 0.1) is 11.3 Å².